The lowest BCUT2D eigenvalue weighted by Crippen LogP contribution is -2.17. The monoisotopic (exact) mass is 215 g/mol. The van der Waals surface area contributed by atoms with E-state index in [1.165, 1.54) is 0 Å². The van der Waals surface area contributed by atoms with Crippen LogP contribution in [0, 0.1) is 0 Å². The van der Waals surface area contributed by atoms with Crippen molar-refractivity contribution in [2.24, 2.45) is 0 Å². The van der Waals surface area contributed by atoms with E-state index in [9.17, 15) is 0 Å². The first-order chi connectivity index (χ1) is 5.24. The second kappa shape index (κ2) is 3.74. The van der Waals surface area contributed by atoms with Crippen molar-refractivity contribution >= 4 is 21.6 Å². The topological polar surface area (TPSA) is 23.5 Å². The van der Waals surface area contributed by atoms with Gasteiger partial charge in [-0.05, 0) is 18.2 Å². The highest BCUT2D eigenvalue weighted by Gasteiger charge is 1.97. The van der Waals surface area contributed by atoms with E-state index in [1.54, 1.807) is 4.90 Å². The smallest absolute Gasteiger partial charge is 0.115 e. The van der Waals surface area contributed by atoms with Gasteiger partial charge in [0.2, 0.25) is 0 Å². The molecule has 0 fully saturated rings. The molecule has 60 valence electrons. The second-order valence-corrected chi connectivity index (χ2v) is 3.23. The fourth-order valence-corrected chi connectivity index (χ4v) is 1.18. The predicted molar refractivity (Wildman–Crippen MR) is 49.6 cm³/mol. The van der Waals surface area contributed by atoms with Crippen molar-refractivity contribution in [3.8, 4) is 0 Å². The zero-order valence-corrected chi connectivity index (χ0v) is 7.87. The molecule has 0 unspecified atom stereocenters. The molecule has 3 heteroatoms. The minimum Gasteiger partial charge on any atom is -0.376 e. The number of rotatable bonds is 2. The molecular formula is C8H10BrNO. The minimum atomic E-state index is 0.0381. The summed E-state index contributed by atoms with van der Waals surface area (Å²) in [7, 11) is 1.84. The zero-order chi connectivity index (χ0) is 8.27. The Hall–Kier alpha value is -0.540. The van der Waals surface area contributed by atoms with E-state index in [4.69, 9.17) is 5.11 Å². The molecular weight excluding hydrogens is 206 g/mol. The van der Waals surface area contributed by atoms with Crippen molar-refractivity contribution in [2.45, 2.75) is 0 Å². The van der Waals surface area contributed by atoms with Crippen LogP contribution in [0.5, 0.6) is 0 Å². The number of hydrogen-bond acceptors (Lipinski definition) is 2. The van der Waals surface area contributed by atoms with E-state index in [1.807, 2.05) is 31.3 Å². The second-order valence-electron chi connectivity index (χ2n) is 2.32. The molecule has 0 amide bonds. The summed E-state index contributed by atoms with van der Waals surface area (Å²) >= 11 is 3.35. The molecule has 0 saturated carbocycles. The Morgan fingerprint density at radius 2 is 2.27 bits per heavy atom. The zero-order valence-electron chi connectivity index (χ0n) is 6.29. The molecule has 0 aliphatic carbocycles. The third kappa shape index (κ3) is 2.20. The first-order valence-electron chi connectivity index (χ1n) is 3.31. The normalized spacial score (nSPS) is 9.73. The molecule has 2 nitrogen and oxygen atoms in total. The van der Waals surface area contributed by atoms with E-state index >= 15 is 0 Å². The van der Waals surface area contributed by atoms with Gasteiger partial charge in [0.1, 0.15) is 6.73 Å². The fourth-order valence-electron chi connectivity index (χ4n) is 0.795. The molecule has 1 aromatic rings. The first kappa shape index (κ1) is 8.56. The molecule has 0 saturated heterocycles. The molecule has 11 heavy (non-hydrogen) atoms. The van der Waals surface area contributed by atoms with Gasteiger partial charge in [-0.2, -0.15) is 0 Å². The maximum absolute atomic E-state index is 8.79. The summed E-state index contributed by atoms with van der Waals surface area (Å²) < 4.78 is 1.02. The molecule has 1 rings (SSSR count). The Labute approximate surface area is 74.6 Å². The summed E-state index contributed by atoms with van der Waals surface area (Å²) in [6.07, 6.45) is 0. The fraction of sp³-hybridized carbons (Fsp3) is 0.250. The van der Waals surface area contributed by atoms with E-state index in [2.05, 4.69) is 15.9 Å². The van der Waals surface area contributed by atoms with Gasteiger partial charge in [0.15, 0.2) is 0 Å². The molecule has 0 aliphatic rings. The first-order valence-corrected chi connectivity index (χ1v) is 4.11. The summed E-state index contributed by atoms with van der Waals surface area (Å²) in [5, 5.41) is 8.79. The summed E-state index contributed by atoms with van der Waals surface area (Å²) in [5.41, 5.74) is 1.00. The number of aliphatic hydroxyl groups is 1. The van der Waals surface area contributed by atoms with Crippen molar-refractivity contribution in [3.05, 3.63) is 28.7 Å². The lowest BCUT2D eigenvalue weighted by atomic mass is 10.3. The highest BCUT2D eigenvalue weighted by molar-refractivity contribution is 9.10. The summed E-state index contributed by atoms with van der Waals surface area (Å²) in [6, 6.07) is 7.79. The van der Waals surface area contributed by atoms with Crippen molar-refractivity contribution < 1.29 is 5.11 Å². The number of nitrogens with zero attached hydrogens (tertiary/aromatic N) is 1. The van der Waals surface area contributed by atoms with E-state index in [-0.39, 0.29) is 6.73 Å². The third-order valence-corrected chi connectivity index (χ3v) is 1.95. The van der Waals surface area contributed by atoms with Crippen LogP contribution in [-0.4, -0.2) is 18.9 Å². The van der Waals surface area contributed by atoms with Crippen LogP contribution in [0.3, 0.4) is 0 Å². The van der Waals surface area contributed by atoms with Crippen LogP contribution in [-0.2, 0) is 0 Å². The molecule has 0 aromatic heterocycles. The molecule has 0 radical (unpaired) electrons. The van der Waals surface area contributed by atoms with Gasteiger partial charge in [-0.15, -0.1) is 0 Å². The lowest BCUT2D eigenvalue weighted by Gasteiger charge is -2.15. The number of halogens is 1. The van der Waals surface area contributed by atoms with Gasteiger partial charge in [-0.1, -0.05) is 22.0 Å². The van der Waals surface area contributed by atoms with Crippen LogP contribution in [0.4, 0.5) is 5.69 Å². The molecule has 0 spiro atoms. The average Bonchev–Trinajstić information content (AvgIpc) is 2.03. The average molecular weight is 216 g/mol. The Morgan fingerprint density at radius 1 is 1.55 bits per heavy atom. The van der Waals surface area contributed by atoms with Gasteiger partial charge in [-0.25, -0.2) is 0 Å². The SMILES string of the molecule is CN(CO)c1cccc(Br)c1. The Morgan fingerprint density at radius 3 is 2.82 bits per heavy atom. The number of aliphatic hydroxyl groups excluding tert-OH is 1. The van der Waals surface area contributed by atoms with Gasteiger partial charge in [0.25, 0.3) is 0 Å². The molecule has 0 atom stereocenters. The van der Waals surface area contributed by atoms with E-state index in [0.29, 0.717) is 0 Å². The molecule has 0 bridgehead atoms. The van der Waals surface area contributed by atoms with Crippen LogP contribution in [0.1, 0.15) is 0 Å². The predicted octanol–water partition coefficient (Wildman–Crippen LogP) is 1.84. The highest BCUT2D eigenvalue weighted by Crippen LogP contribution is 2.17. The molecule has 0 aliphatic heterocycles. The van der Waals surface area contributed by atoms with Gasteiger partial charge in [-0.3, -0.25) is 0 Å². The highest BCUT2D eigenvalue weighted by atomic mass is 79.9. The maximum atomic E-state index is 8.79. The van der Waals surface area contributed by atoms with Crippen molar-refractivity contribution in [1.29, 1.82) is 0 Å². The number of anilines is 1. The number of hydrogen-bond donors (Lipinski definition) is 1. The van der Waals surface area contributed by atoms with Crippen molar-refractivity contribution in [3.63, 3.8) is 0 Å². The van der Waals surface area contributed by atoms with Crippen LogP contribution in [0.15, 0.2) is 28.7 Å². The Kier molecular flexibility index (Phi) is 2.91. The summed E-state index contributed by atoms with van der Waals surface area (Å²) in [4.78, 5) is 1.75. The van der Waals surface area contributed by atoms with Crippen molar-refractivity contribution in [2.75, 3.05) is 18.7 Å². The number of benzene rings is 1. The van der Waals surface area contributed by atoms with Crippen molar-refractivity contribution in [1.82, 2.24) is 0 Å². The van der Waals surface area contributed by atoms with Gasteiger partial charge in [0.05, 0.1) is 0 Å². The lowest BCUT2D eigenvalue weighted by molar-refractivity contribution is 0.298. The van der Waals surface area contributed by atoms with Crippen LogP contribution in [0.2, 0.25) is 0 Å². The minimum absolute atomic E-state index is 0.0381. The van der Waals surface area contributed by atoms with Crippen LogP contribution < -0.4 is 4.90 Å². The third-order valence-electron chi connectivity index (χ3n) is 1.46. The van der Waals surface area contributed by atoms with Crippen LogP contribution in [0.25, 0.3) is 0 Å². The Balaban J connectivity index is 2.86. The van der Waals surface area contributed by atoms with E-state index in [0.717, 1.165) is 10.2 Å². The molecule has 1 aromatic carbocycles. The van der Waals surface area contributed by atoms with Gasteiger partial charge >= 0.3 is 0 Å². The molecule has 1 N–H and O–H groups in total. The molecule has 0 heterocycles. The van der Waals surface area contributed by atoms with Gasteiger partial charge in [0, 0.05) is 17.2 Å². The standard InChI is InChI=1S/C8H10BrNO/c1-10(6-11)8-4-2-3-7(9)5-8/h2-5,11H,6H2,1H3. The Bertz CT molecular complexity index is 239. The summed E-state index contributed by atoms with van der Waals surface area (Å²) in [5.74, 6) is 0. The largest absolute Gasteiger partial charge is 0.376 e. The maximum Gasteiger partial charge on any atom is 0.115 e. The van der Waals surface area contributed by atoms with E-state index < -0.39 is 0 Å². The summed E-state index contributed by atoms with van der Waals surface area (Å²) in [6.45, 7) is 0.0381. The van der Waals surface area contributed by atoms with Gasteiger partial charge < -0.3 is 10.0 Å². The van der Waals surface area contributed by atoms with Crippen LogP contribution >= 0.6 is 15.9 Å². The quantitative estimate of drug-likeness (QED) is 0.762.